The third-order valence-corrected chi connectivity index (χ3v) is 14.8. The Morgan fingerprint density at radius 3 is 2.34 bits per heavy atom. The smallest absolute Gasteiger partial charge is 0.275 e. The second-order valence-corrected chi connectivity index (χ2v) is 16.6. The normalized spacial score (nSPS) is 41.8. The van der Waals surface area contributed by atoms with Crippen LogP contribution < -0.4 is 0 Å². The molecule has 0 amide bonds. The number of aryl methyl sites for hydroxylation is 1. The van der Waals surface area contributed by atoms with Crippen LogP contribution in [0.3, 0.4) is 0 Å². The van der Waals surface area contributed by atoms with E-state index >= 15 is 0 Å². The summed E-state index contributed by atoms with van der Waals surface area (Å²) in [5.41, 5.74) is 1.81. The Balaban J connectivity index is 1.52. The fourth-order valence-electron chi connectivity index (χ4n) is 11.4. The molecule has 1 aromatic carbocycles. The lowest BCUT2D eigenvalue weighted by Gasteiger charge is -2.66. The molecule has 4 fully saturated rings. The lowest BCUT2D eigenvalue weighted by Crippen LogP contribution is -2.64. The predicted octanol–water partition coefficient (Wildman–Crippen LogP) is 9.20. The van der Waals surface area contributed by atoms with Crippen molar-refractivity contribution < 1.29 is 13.0 Å². The molecule has 3 nitrogen and oxygen atoms in total. The van der Waals surface area contributed by atoms with E-state index in [4.69, 9.17) is 0 Å². The predicted molar refractivity (Wildman–Crippen MR) is 157 cm³/mol. The van der Waals surface area contributed by atoms with E-state index in [9.17, 15) is 13.0 Å². The van der Waals surface area contributed by atoms with Crippen LogP contribution in [0.5, 0.6) is 0 Å². The SMILES string of the molecule is Cc1ccccc1C1(S(=O)(=O)O)CCC[C@@H]2CC[C@@H]3[C@@H]4CC[C@@H]([C@@H](C)CCCC(C)C)[C@@]4(C)CC[C@@H]3[C@]21C. The van der Waals surface area contributed by atoms with Gasteiger partial charge in [0.15, 0.2) is 0 Å². The van der Waals surface area contributed by atoms with Gasteiger partial charge in [-0.15, -0.1) is 0 Å². The van der Waals surface area contributed by atoms with Crippen LogP contribution in [-0.2, 0) is 14.9 Å². The Bertz CT molecular complexity index is 1110. The topological polar surface area (TPSA) is 54.4 Å². The zero-order valence-electron chi connectivity index (χ0n) is 25.0. The Kier molecular flexibility index (Phi) is 7.69. The number of fused-ring (bicyclic) bond motifs is 5. The lowest BCUT2D eigenvalue weighted by molar-refractivity contribution is -0.134. The maximum Gasteiger partial charge on any atom is 0.275 e. The van der Waals surface area contributed by atoms with Crippen LogP contribution in [0.15, 0.2) is 24.3 Å². The molecule has 4 saturated carbocycles. The molecule has 9 atom stereocenters. The first-order valence-corrected chi connectivity index (χ1v) is 17.3. The highest BCUT2D eigenvalue weighted by Crippen LogP contribution is 2.72. The van der Waals surface area contributed by atoms with Crippen molar-refractivity contribution in [2.75, 3.05) is 0 Å². The van der Waals surface area contributed by atoms with E-state index in [2.05, 4.69) is 34.6 Å². The number of benzene rings is 1. The maximum absolute atomic E-state index is 13.7. The first-order chi connectivity index (χ1) is 17.9. The van der Waals surface area contributed by atoms with Gasteiger partial charge in [-0.2, -0.15) is 8.42 Å². The van der Waals surface area contributed by atoms with E-state index in [1.165, 1.54) is 44.9 Å². The number of hydrogen-bond acceptors (Lipinski definition) is 2. The lowest BCUT2D eigenvalue weighted by atomic mass is 9.41. The molecule has 214 valence electrons. The Morgan fingerprint density at radius 2 is 1.66 bits per heavy atom. The van der Waals surface area contributed by atoms with E-state index in [1.54, 1.807) is 0 Å². The summed E-state index contributed by atoms with van der Waals surface area (Å²) < 4.78 is 37.5. The van der Waals surface area contributed by atoms with Crippen molar-refractivity contribution in [3.8, 4) is 0 Å². The molecule has 4 aliphatic carbocycles. The van der Waals surface area contributed by atoms with Crippen LogP contribution in [0.1, 0.15) is 123 Å². The molecule has 0 radical (unpaired) electrons. The van der Waals surface area contributed by atoms with Gasteiger partial charge >= 0.3 is 0 Å². The summed E-state index contributed by atoms with van der Waals surface area (Å²) in [5, 5.41) is 0. The molecule has 0 spiro atoms. The van der Waals surface area contributed by atoms with Crippen LogP contribution in [0.4, 0.5) is 0 Å². The van der Waals surface area contributed by atoms with Gasteiger partial charge in [0, 0.05) is 0 Å². The minimum absolute atomic E-state index is 0.357. The molecule has 4 aliphatic rings. The fraction of sp³-hybridized carbons (Fsp3) is 0.824. The van der Waals surface area contributed by atoms with Crippen molar-refractivity contribution in [1.82, 2.24) is 0 Å². The molecule has 0 bridgehead atoms. The summed E-state index contributed by atoms with van der Waals surface area (Å²) >= 11 is 0. The van der Waals surface area contributed by atoms with Crippen molar-refractivity contribution >= 4 is 10.1 Å². The molecule has 0 aromatic heterocycles. The molecule has 1 unspecified atom stereocenters. The first-order valence-electron chi connectivity index (χ1n) is 15.9. The number of hydrogen-bond donors (Lipinski definition) is 1. The van der Waals surface area contributed by atoms with E-state index in [1.807, 2.05) is 31.2 Å². The van der Waals surface area contributed by atoms with Crippen molar-refractivity contribution in [3.05, 3.63) is 35.4 Å². The third-order valence-electron chi connectivity index (χ3n) is 13.1. The van der Waals surface area contributed by atoms with Gasteiger partial charge in [0.05, 0.1) is 0 Å². The zero-order chi connectivity index (χ0) is 27.5. The van der Waals surface area contributed by atoms with Gasteiger partial charge in [-0.1, -0.05) is 84.6 Å². The Hall–Kier alpha value is -0.870. The quantitative estimate of drug-likeness (QED) is 0.349. The minimum atomic E-state index is -4.32. The van der Waals surface area contributed by atoms with Crippen molar-refractivity contribution in [2.24, 2.45) is 52.3 Å². The summed E-state index contributed by atoms with van der Waals surface area (Å²) in [7, 11) is -4.32. The molecule has 1 N–H and O–H groups in total. The van der Waals surface area contributed by atoms with E-state index in [-0.39, 0.29) is 0 Å². The number of rotatable bonds is 7. The standard InChI is InChI=1S/C34H54O3S/c1-23(2)11-9-13-24(3)28-18-19-30-27-17-16-26-14-10-21-34(38(35,36)37,29-15-8-7-12-25(29)4)33(26,6)31(27)20-22-32(28,30)5/h7-8,12,15,23-24,26-28,30-31H,9-11,13-14,16-22H2,1-6H3,(H,35,36,37)/t24-,26+,27+,28-,30-,31-,32+,33-,34?/m0/s1. The second kappa shape index (κ2) is 10.2. The van der Waals surface area contributed by atoms with Gasteiger partial charge in [0.2, 0.25) is 0 Å². The fourth-order valence-corrected chi connectivity index (χ4v) is 13.2. The Labute approximate surface area is 233 Å². The Morgan fingerprint density at radius 1 is 0.921 bits per heavy atom. The molecular formula is C34H54O3S. The van der Waals surface area contributed by atoms with E-state index < -0.39 is 20.3 Å². The highest BCUT2D eigenvalue weighted by molar-refractivity contribution is 7.86. The van der Waals surface area contributed by atoms with Crippen LogP contribution in [0.2, 0.25) is 0 Å². The summed E-state index contributed by atoms with van der Waals surface area (Å²) in [6.07, 6.45) is 13.9. The molecule has 38 heavy (non-hydrogen) atoms. The van der Waals surface area contributed by atoms with Crippen LogP contribution in [-0.4, -0.2) is 13.0 Å². The zero-order valence-corrected chi connectivity index (χ0v) is 25.8. The molecule has 0 heterocycles. The van der Waals surface area contributed by atoms with Crippen molar-refractivity contribution in [1.29, 1.82) is 0 Å². The van der Waals surface area contributed by atoms with Gasteiger partial charge < -0.3 is 0 Å². The van der Waals surface area contributed by atoms with Crippen LogP contribution >= 0.6 is 0 Å². The second-order valence-electron chi connectivity index (χ2n) is 15.0. The largest absolute Gasteiger partial charge is 0.285 e. The van der Waals surface area contributed by atoms with Gasteiger partial charge in [0.25, 0.3) is 10.1 Å². The highest BCUT2D eigenvalue weighted by Gasteiger charge is 2.70. The van der Waals surface area contributed by atoms with Crippen LogP contribution in [0.25, 0.3) is 0 Å². The first kappa shape index (κ1) is 28.7. The third kappa shape index (κ3) is 4.16. The van der Waals surface area contributed by atoms with Gasteiger partial charge in [-0.25, -0.2) is 0 Å². The average Bonchev–Trinajstić information content (AvgIpc) is 3.20. The summed E-state index contributed by atoms with van der Waals surface area (Å²) in [4.78, 5) is 0. The summed E-state index contributed by atoms with van der Waals surface area (Å²) in [5.74, 6) is 4.32. The molecule has 1 aromatic rings. The molecular weight excluding hydrogens is 488 g/mol. The monoisotopic (exact) mass is 542 g/mol. The van der Waals surface area contributed by atoms with Crippen molar-refractivity contribution in [2.45, 2.75) is 123 Å². The van der Waals surface area contributed by atoms with E-state index in [0.29, 0.717) is 35.5 Å². The molecule has 0 saturated heterocycles. The highest BCUT2D eigenvalue weighted by atomic mass is 32.2. The van der Waals surface area contributed by atoms with Gasteiger partial charge in [-0.05, 0) is 122 Å². The van der Waals surface area contributed by atoms with Crippen LogP contribution in [0, 0.1) is 59.2 Å². The molecule has 4 heteroatoms. The summed E-state index contributed by atoms with van der Waals surface area (Å²) in [6.45, 7) is 14.1. The summed E-state index contributed by atoms with van der Waals surface area (Å²) in [6, 6.07) is 8.02. The van der Waals surface area contributed by atoms with E-state index in [0.717, 1.165) is 54.6 Å². The van der Waals surface area contributed by atoms with Gasteiger partial charge in [-0.3, -0.25) is 4.55 Å². The average molecular weight is 543 g/mol. The van der Waals surface area contributed by atoms with Gasteiger partial charge in [0.1, 0.15) is 4.75 Å². The maximum atomic E-state index is 13.7. The minimum Gasteiger partial charge on any atom is -0.285 e. The molecule has 5 rings (SSSR count). The molecule has 0 aliphatic heterocycles. The van der Waals surface area contributed by atoms with Crippen molar-refractivity contribution in [3.63, 3.8) is 0 Å².